The smallest absolute Gasteiger partial charge is 0.270 e. The summed E-state index contributed by atoms with van der Waals surface area (Å²) in [6.07, 6.45) is 5.61. The number of hydrogen-bond donors (Lipinski definition) is 1. The lowest BCUT2D eigenvalue weighted by molar-refractivity contribution is -0.384. The number of nitro benzene ring substituents is 1. The Hall–Kier alpha value is -3.20. The van der Waals surface area contributed by atoms with Gasteiger partial charge in [0.15, 0.2) is 0 Å². The maximum atomic E-state index is 13.5. The van der Waals surface area contributed by atoms with Crippen molar-refractivity contribution in [1.29, 1.82) is 0 Å². The lowest BCUT2D eigenvalue weighted by Crippen LogP contribution is -2.56. The molecule has 1 aromatic heterocycles. The minimum absolute atomic E-state index is 0.0880. The maximum absolute atomic E-state index is 13.5. The van der Waals surface area contributed by atoms with Crippen LogP contribution >= 0.6 is 0 Å². The van der Waals surface area contributed by atoms with Crippen LogP contribution in [0.2, 0.25) is 0 Å². The highest BCUT2D eigenvalue weighted by Crippen LogP contribution is 2.41. The Balaban J connectivity index is 1.61. The lowest BCUT2D eigenvalue weighted by Gasteiger charge is -2.41. The molecule has 2 amide bonds. The average Bonchev–Trinajstić information content (AvgIpc) is 3.40. The number of rotatable bonds is 5. The van der Waals surface area contributed by atoms with Gasteiger partial charge in [0.25, 0.3) is 11.6 Å². The fraction of sp³-hybridized carbons (Fsp3) is 0.429. The predicted molar refractivity (Wildman–Crippen MR) is 105 cm³/mol. The zero-order valence-electron chi connectivity index (χ0n) is 16.4. The molecule has 2 aliphatic rings. The van der Waals surface area contributed by atoms with Gasteiger partial charge in [-0.15, -0.1) is 0 Å². The molecule has 9 nitrogen and oxygen atoms in total. The van der Waals surface area contributed by atoms with Gasteiger partial charge in [-0.1, -0.05) is 12.5 Å². The third kappa shape index (κ3) is 3.80. The van der Waals surface area contributed by atoms with E-state index < -0.39 is 22.6 Å². The number of ether oxygens (including phenoxy) is 1. The molecule has 158 valence electrons. The Morgan fingerprint density at radius 1 is 1.20 bits per heavy atom. The van der Waals surface area contributed by atoms with Crippen LogP contribution in [0.25, 0.3) is 0 Å². The van der Waals surface area contributed by atoms with E-state index in [1.807, 2.05) is 0 Å². The van der Waals surface area contributed by atoms with Crippen LogP contribution in [0.3, 0.4) is 0 Å². The summed E-state index contributed by atoms with van der Waals surface area (Å²) in [5.74, 6) is -0.171. The summed E-state index contributed by atoms with van der Waals surface area (Å²) in [6.45, 7) is 0.291. The molecule has 1 aliphatic carbocycles. The fourth-order valence-corrected chi connectivity index (χ4v) is 4.27. The molecule has 1 saturated carbocycles. The van der Waals surface area contributed by atoms with E-state index in [1.165, 1.54) is 35.4 Å². The second-order valence-corrected chi connectivity index (χ2v) is 7.61. The second kappa shape index (κ2) is 8.27. The first-order valence-corrected chi connectivity index (χ1v) is 10.0. The van der Waals surface area contributed by atoms with Crippen molar-refractivity contribution in [3.05, 3.63) is 64.1 Å². The van der Waals surface area contributed by atoms with Gasteiger partial charge in [0.2, 0.25) is 5.91 Å². The standard InChI is InChI=1S/C21H23N3O6/c25-19(22-13-17-8-5-11-29-17)18-14-30-21(9-2-1-3-10-21)23(18)20(26)15-6-4-7-16(12-15)24(27)28/h4-8,11-12,18H,1-3,9-10,13-14H2,(H,22,25). The van der Waals surface area contributed by atoms with Gasteiger partial charge in [-0.2, -0.15) is 0 Å². The minimum atomic E-state index is -0.855. The van der Waals surface area contributed by atoms with E-state index >= 15 is 0 Å². The third-order valence-electron chi connectivity index (χ3n) is 5.74. The molecule has 1 unspecified atom stereocenters. The highest BCUT2D eigenvalue weighted by atomic mass is 16.6. The average molecular weight is 413 g/mol. The Kier molecular flexibility index (Phi) is 5.54. The van der Waals surface area contributed by atoms with Crippen LogP contribution in [0, 0.1) is 10.1 Å². The number of carbonyl (C=O) groups excluding carboxylic acids is 2. The number of amides is 2. The number of nitrogens with zero attached hydrogens (tertiary/aromatic N) is 2. The van der Waals surface area contributed by atoms with Crippen LogP contribution in [0.1, 0.15) is 48.2 Å². The summed E-state index contributed by atoms with van der Waals surface area (Å²) in [4.78, 5) is 38.5. The van der Waals surface area contributed by atoms with E-state index in [0.29, 0.717) is 18.6 Å². The molecular formula is C21H23N3O6. The zero-order valence-corrected chi connectivity index (χ0v) is 16.4. The Morgan fingerprint density at radius 3 is 2.70 bits per heavy atom. The number of benzene rings is 1. The summed E-state index contributed by atoms with van der Waals surface area (Å²) < 4.78 is 11.3. The van der Waals surface area contributed by atoms with E-state index in [2.05, 4.69) is 5.32 Å². The van der Waals surface area contributed by atoms with Crippen LogP contribution in [-0.4, -0.2) is 40.0 Å². The fourth-order valence-electron chi connectivity index (χ4n) is 4.27. The SMILES string of the molecule is O=C(NCc1ccco1)C1COC2(CCCCC2)N1C(=O)c1cccc([N+](=O)[O-])c1. The molecule has 1 saturated heterocycles. The molecule has 1 aliphatic heterocycles. The third-order valence-corrected chi connectivity index (χ3v) is 5.74. The first-order valence-electron chi connectivity index (χ1n) is 10.0. The van der Waals surface area contributed by atoms with E-state index in [9.17, 15) is 19.7 Å². The van der Waals surface area contributed by atoms with Crippen LogP contribution in [0.5, 0.6) is 0 Å². The first kappa shape index (κ1) is 20.1. The molecule has 2 aromatic rings. The largest absolute Gasteiger partial charge is 0.467 e. The van der Waals surface area contributed by atoms with Gasteiger partial charge in [0.1, 0.15) is 17.5 Å². The molecule has 1 N–H and O–H groups in total. The molecule has 0 bridgehead atoms. The number of carbonyl (C=O) groups is 2. The first-order chi connectivity index (χ1) is 14.5. The number of non-ortho nitro benzene ring substituents is 1. The van der Waals surface area contributed by atoms with Crippen molar-refractivity contribution in [3.8, 4) is 0 Å². The van der Waals surface area contributed by atoms with E-state index in [0.717, 1.165) is 19.3 Å². The molecule has 1 spiro atoms. The van der Waals surface area contributed by atoms with Crippen LogP contribution < -0.4 is 5.32 Å². The normalized spacial score (nSPS) is 20.3. The number of nitro groups is 1. The Labute approximate surface area is 173 Å². The van der Waals surface area contributed by atoms with Gasteiger partial charge in [0.05, 0.1) is 24.3 Å². The van der Waals surface area contributed by atoms with Crippen molar-refractivity contribution in [2.45, 2.75) is 50.4 Å². The van der Waals surface area contributed by atoms with Crippen molar-refractivity contribution >= 4 is 17.5 Å². The van der Waals surface area contributed by atoms with Crippen LogP contribution in [0.15, 0.2) is 47.1 Å². The van der Waals surface area contributed by atoms with E-state index in [-0.39, 0.29) is 30.3 Å². The lowest BCUT2D eigenvalue weighted by atomic mass is 9.89. The molecule has 0 radical (unpaired) electrons. The predicted octanol–water partition coefficient (Wildman–Crippen LogP) is 3.01. The van der Waals surface area contributed by atoms with Crippen LogP contribution in [0.4, 0.5) is 5.69 Å². The zero-order chi connectivity index (χ0) is 21.1. The van der Waals surface area contributed by atoms with Gasteiger partial charge in [-0.05, 0) is 43.9 Å². The second-order valence-electron chi connectivity index (χ2n) is 7.61. The van der Waals surface area contributed by atoms with Crippen molar-refractivity contribution in [3.63, 3.8) is 0 Å². The summed E-state index contributed by atoms with van der Waals surface area (Å²) in [6, 6.07) is 8.25. The van der Waals surface area contributed by atoms with E-state index in [1.54, 1.807) is 12.1 Å². The van der Waals surface area contributed by atoms with Crippen LogP contribution in [-0.2, 0) is 16.1 Å². The summed E-state index contributed by atoms with van der Waals surface area (Å²) in [5.41, 5.74) is -0.854. The molecule has 9 heteroatoms. The van der Waals surface area contributed by atoms with Crippen molar-refractivity contribution in [1.82, 2.24) is 10.2 Å². The molecule has 2 heterocycles. The van der Waals surface area contributed by atoms with Gasteiger partial charge in [-0.25, -0.2) is 0 Å². The van der Waals surface area contributed by atoms with Gasteiger partial charge >= 0.3 is 0 Å². The minimum Gasteiger partial charge on any atom is -0.467 e. The van der Waals surface area contributed by atoms with Crippen molar-refractivity contribution in [2.24, 2.45) is 0 Å². The molecule has 4 rings (SSSR count). The molecule has 2 fully saturated rings. The summed E-state index contributed by atoms with van der Waals surface area (Å²) in [7, 11) is 0. The molecule has 1 aromatic carbocycles. The number of furan rings is 1. The highest BCUT2D eigenvalue weighted by Gasteiger charge is 2.53. The number of nitrogens with one attached hydrogen (secondary N) is 1. The van der Waals surface area contributed by atoms with Gasteiger partial charge < -0.3 is 14.5 Å². The van der Waals surface area contributed by atoms with Crippen molar-refractivity contribution in [2.75, 3.05) is 6.61 Å². The van der Waals surface area contributed by atoms with Crippen molar-refractivity contribution < 1.29 is 23.7 Å². The maximum Gasteiger partial charge on any atom is 0.270 e. The van der Waals surface area contributed by atoms with Gasteiger partial charge in [-0.3, -0.25) is 24.6 Å². The summed E-state index contributed by atoms with van der Waals surface area (Å²) >= 11 is 0. The van der Waals surface area contributed by atoms with Gasteiger partial charge in [0, 0.05) is 17.7 Å². The molecule has 30 heavy (non-hydrogen) atoms. The Bertz CT molecular complexity index is 936. The molecule has 1 atom stereocenters. The quantitative estimate of drug-likeness (QED) is 0.595. The number of hydrogen-bond acceptors (Lipinski definition) is 6. The monoisotopic (exact) mass is 413 g/mol. The Morgan fingerprint density at radius 2 is 2.00 bits per heavy atom. The summed E-state index contributed by atoms with van der Waals surface area (Å²) in [5, 5.41) is 13.9. The molecular weight excluding hydrogens is 390 g/mol. The van der Waals surface area contributed by atoms with E-state index in [4.69, 9.17) is 9.15 Å². The topological polar surface area (TPSA) is 115 Å². The highest BCUT2D eigenvalue weighted by molar-refractivity contribution is 5.99.